The highest BCUT2D eigenvalue weighted by atomic mass is 35.5. The number of aromatic nitrogens is 2. The Morgan fingerprint density at radius 2 is 1.05 bits per heavy atom. The average molecular weight is 925 g/mol. The number of aliphatic hydroxyl groups is 1. The van der Waals surface area contributed by atoms with Gasteiger partial charge in [-0.05, 0) is 55.5 Å². The smallest absolute Gasteiger partial charge is 0.376 e. The molecule has 302 valence electrons. The van der Waals surface area contributed by atoms with Gasteiger partial charge in [-0.3, -0.25) is 39.4 Å². The van der Waals surface area contributed by atoms with Gasteiger partial charge in [0, 0.05) is 28.3 Å². The lowest BCUT2D eigenvalue weighted by atomic mass is 10.1. The summed E-state index contributed by atoms with van der Waals surface area (Å²) >= 11 is 36.2. The van der Waals surface area contributed by atoms with Crippen LogP contribution < -0.4 is 21.5 Å². The SMILES string of the molecule is CC(=O)c1c(Nc2ccc(Cl)cc2Cl)[nH]c2c(Cl)ccc([N+](=O)[O-])c2c1=O.O=C(O)C(=O)C=C(O)c1c(Nc2ccc(Cl)cc2Cl)[nH]c2c(Cl)ccc([N+](=O)[O-])c2c1=O. The van der Waals surface area contributed by atoms with E-state index in [0.29, 0.717) is 21.8 Å². The van der Waals surface area contributed by atoms with Crippen LogP contribution in [0.3, 0.4) is 0 Å². The first-order chi connectivity index (χ1) is 27.7. The number of Topliss-reactive ketones (excluding diaryl/α,β-unsaturated/α-hetero) is 1. The molecule has 0 aliphatic rings. The molecule has 0 spiro atoms. The lowest BCUT2D eigenvalue weighted by Crippen LogP contribution is -2.19. The molecule has 23 heteroatoms. The number of rotatable bonds is 10. The fourth-order valence-corrected chi connectivity index (χ4v) is 6.79. The Hall–Kier alpha value is -6.21. The molecule has 6 rings (SSSR count). The molecule has 17 nitrogen and oxygen atoms in total. The van der Waals surface area contributed by atoms with Crippen molar-refractivity contribution < 1.29 is 34.4 Å². The zero-order valence-corrected chi connectivity index (χ0v) is 33.6. The molecule has 0 fully saturated rings. The third-order valence-corrected chi connectivity index (χ3v) is 9.76. The second-order valence-corrected chi connectivity index (χ2v) is 14.3. The van der Waals surface area contributed by atoms with Gasteiger partial charge >= 0.3 is 5.97 Å². The minimum absolute atomic E-state index is 0.0200. The van der Waals surface area contributed by atoms with Crippen LogP contribution in [0.4, 0.5) is 34.4 Å². The zero-order valence-electron chi connectivity index (χ0n) is 29.1. The van der Waals surface area contributed by atoms with Crippen molar-refractivity contribution in [3.05, 3.63) is 149 Å². The van der Waals surface area contributed by atoms with Crippen molar-refractivity contribution >= 4 is 149 Å². The first-order valence-electron chi connectivity index (χ1n) is 15.9. The topological polar surface area (TPSA) is 268 Å². The first-order valence-corrected chi connectivity index (χ1v) is 18.2. The Morgan fingerprint density at radius 1 is 0.644 bits per heavy atom. The number of ketones is 2. The van der Waals surface area contributed by atoms with Crippen molar-refractivity contribution in [1.82, 2.24) is 9.97 Å². The molecule has 0 saturated heterocycles. The zero-order chi connectivity index (χ0) is 43.6. The molecule has 2 heterocycles. The van der Waals surface area contributed by atoms with Crippen molar-refractivity contribution in [2.75, 3.05) is 10.6 Å². The minimum atomic E-state index is -1.89. The first kappa shape index (κ1) is 43.9. The van der Waals surface area contributed by atoms with Crippen molar-refractivity contribution in [3.63, 3.8) is 0 Å². The summed E-state index contributed by atoms with van der Waals surface area (Å²) in [4.78, 5) is 87.3. The fraction of sp³-hybridized carbons (Fsp3) is 0.0278. The summed E-state index contributed by atoms with van der Waals surface area (Å²) in [7, 11) is 0. The van der Waals surface area contributed by atoms with Crippen LogP contribution in [0.1, 0.15) is 22.8 Å². The average Bonchev–Trinajstić information content (AvgIpc) is 3.14. The minimum Gasteiger partial charge on any atom is -0.507 e. The molecule has 0 atom stereocenters. The van der Waals surface area contributed by atoms with Crippen LogP contribution >= 0.6 is 69.6 Å². The van der Waals surface area contributed by atoms with Crippen LogP contribution in [-0.2, 0) is 9.59 Å². The number of aliphatic hydroxyl groups excluding tert-OH is 1. The molecule has 0 unspecified atom stereocenters. The van der Waals surface area contributed by atoms with E-state index in [9.17, 15) is 49.3 Å². The van der Waals surface area contributed by atoms with Crippen LogP contribution in [0.15, 0.2) is 76.3 Å². The Labute approximate surface area is 358 Å². The van der Waals surface area contributed by atoms with Gasteiger partial charge in [0.25, 0.3) is 17.2 Å². The summed E-state index contributed by atoms with van der Waals surface area (Å²) in [6.07, 6.45) is 0.295. The molecule has 0 bridgehead atoms. The molecule has 6 N–H and O–H groups in total. The van der Waals surface area contributed by atoms with Gasteiger partial charge in [0.05, 0.1) is 52.3 Å². The summed E-state index contributed by atoms with van der Waals surface area (Å²) in [6, 6.07) is 13.5. The predicted molar refractivity (Wildman–Crippen MR) is 225 cm³/mol. The molecule has 0 aliphatic heterocycles. The lowest BCUT2D eigenvalue weighted by Gasteiger charge is -2.15. The monoisotopic (exact) mass is 922 g/mol. The van der Waals surface area contributed by atoms with Crippen molar-refractivity contribution in [1.29, 1.82) is 0 Å². The number of benzene rings is 4. The maximum absolute atomic E-state index is 13.2. The van der Waals surface area contributed by atoms with Crippen LogP contribution in [0.25, 0.3) is 27.6 Å². The molecule has 59 heavy (non-hydrogen) atoms. The number of aliphatic carboxylic acids is 1. The number of nitrogens with one attached hydrogen (secondary N) is 4. The number of nitro groups is 2. The Kier molecular flexibility index (Phi) is 13.2. The molecule has 6 aromatic rings. The van der Waals surface area contributed by atoms with Gasteiger partial charge in [-0.15, -0.1) is 0 Å². The molecular formula is C36H20Cl6N6O11. The van der Waals surface area contributed by atoms with E-state index in [1.54, 1.807) is 12.1 Å². The molecular weight excluding hydrogens is 905 g/mol. The molecule has 4 aromatic carbocycles. The van der Waals surface area contributed by atoms with E-state index in [1.165, 1.54) is 43.3 Å². The largest absolute Gasteiger partial charge is 0.507 e. The van der Waals surface area contributed by atoms with Crippen LogP contribution in [0.5, 0.6) is 0 Å². The number of non-ortho nitro benzene ring substituents is 2. The third-order valence-electron chi connectivity index (χ3n) is 8.04. The van der Waals surface area contributed by atoms with E-state index in [2.05, 4.69) is 20.6 Å². The Bertz CT molecular complexity index is 2970. The number of H-pyrrole nitrogens is 2. The molecule has 0 amide bonds. The fourth-order valence-electron chi connectivity index (χ4n) is 5.47. The number of pyridine rings is 2. The standard InChI is InChI=1S/C19H10Cl3N3O7.C17H10Cl3N3O4/c20-7-1-3-10(9(22)5-7)23-18-15(12(26)6-13(27)19(29)30)17(28)14-11(25(31)32)4-2-8(21)16(14)24-18;1-7(24)13-16(25)14-12(23(26)27)5-3-9(19)15(14)22-17(13)21-11-4-2-8(18)6-10(11)20/h1-6,26H,(H,29,30)(H2,23,24,28);2-6H,1H3,(H2,21,22,25). The highest BCUT2D eigenvalue weighted by molar-refractivity contribution is 6.39. The maximum Gasteiger partial charge on any atom is 0.376 e. The summed E-state index contributed by atoms with van der Waals surface area (Å²) in [6.45, 7) is 1.18. The van der Waals surface area contributed by atoms with Crippen LogP contribution in [0, 0.1) is 20.2 Å². The Balaban J connectivity index is 0.000000227. The molecule has 0 saturated carbocycles. The number of aromatic amines is 2. The number of nitrogens with zero attached hydrogens (tertiary/aromatic N) is 2. The van der Waals surface area contributed by atoms with Crippen molar-refractivity contribution in [2.24, 2.45) is 0 Å². The van der Waals surface area contributed by atoms with E-state index in [4.69, 9.17) is 74.7 Å². The highest BCUT2D eigenvalue weighted by Gasteiger charge is 2.27. The van der Waals surface area contributed by atoms with E-state index in [1.807, 2.05) is 0 Å². The van der Waals surface area contributed by atoms with Gasteiger partial charge in [0.1, 0.15) is 39.3 Å². The number of carboxylic acids is 1. The van der Waals surface area contributed by atoms with E-state index < -0.39 is 66.3 Å². The Morgan fingerprint density at radius 3 is 1.42 bits per heavy atom. The number of hydrogen-bond acceptors (Lipinski definition) is 12. The van der Waals surface area contributed by atoms with Gasteiger partial charge in [0.15, 0.2) is 5.78 Å². The summed E-state index contributed by atoms with van der Waals surface area (Å²) in [5.74, 6) is -5.30. The van der Waals surface area contributed by atoms with Gasteiger partial charge < -0.3 is 30.8 Å². The van der Waals surface area contributed by atoms with E-state index in [0.717, 1.165) is 12.1 Å². The quantitative estimate of drug-likeness (QED) is 0.0187. The number of carbonyl (C=O) groups excluding carboxylic acids is 2. The number of fused-ring (bicyclic) bond motifs is 2. The second-order valence-electron chi connectivity index (χ2n) is 11.8. The second kappa shape index (κ2) is 17.7. The van der Waals surface area contributed by atoms with E-state index in [-0.39, 0.29) is 59.4 Å². The van der Waals surface area contributed by atoms with Crippen molar-refractivity contribution in [3.8, 4) is 0 Å². The van der Waals surface area contributed by atoms with E-state index >= 15 is 0 Å². The number of carboxylic acid groups (broad SMARTS) is 1. The number of nitro benzene ring substituents is 2. The van der Waals surface area contributed by atoms with Gasteiger partial charge in [-0.2, -0.15) is 0 Å². The third kappa shape index (κ3) is 9.25. The number of anilines is 4. The number of hydrogen-bond donors (Lipinski definition) is 6. The lowest BCUT2D eigenvalue weighted by molar-refractivity contribution is -0.383. The van der Waals surface area contributed by atoms with Crippen molar-refractivity contribution in [2.45, 2.75) is 6.92 Å². The molecule has 0 aliphatic carbocycles. The molecule has 2 aromatic heterocycles. The number of halogens is 6. The highest BCUT2D eigenvalue weighted by Crippen LogP contribution is 2.36. The summed E-state index contributed by atoms with van der Waals surface area (Å²) in [5, 5.41) is 47.9. The summed E-state index contributed by atoms with van der Waals surface area (Å²) in [5.41, 5.74) is -3.43. The van der Waals surface area contributed by atoms with Gasteiger partial charge in [-0.1, -0.05) is 69.6 Å². The normalized spacial score (nSPS) is 11.1. The maximum atomic E-state index is 13.2. The van der Waals surface area contributed by atoms with Gasteiger partial charge in [-0.25, -0.2) is 4.79 Å². The molecule has 0 radical (unpaired) electrons. The number of carbonyl (C=O) groups is 3. The summed E-state index contributed by atoms with van der Waals surface area (Å²) < 4.78 is 0. The van der Waals surface area contributed by atoms with Crippen LogP contribution in [0.2, 0.25) is 30.1 Å². The van der Waals surface area contributed by atoms with Gasteiger partial charge in [0.2, 0.25) is 10.9 Å². The van der Waals surface area contributed by atoms with Crippen LogP contribution in [-0.4, -0.2) is 47.6 Å². The predicted octanol–water partition coefficient (Wildman–Crippen LogP) is 10.0.